The topological polar surface area (TPSA) is 47.6 Å². The molecular weight excluding hydrogens is 339 g/mol. The van der Waals surface area contributed by atoms with Gasteiger partial charge in [-0.25, -0.2) is 0 Å². The Morgan fingerprint density at radius 2 is 1.65 bits per heavy atom. The third kappa shape index (κ3) is 2.99. The lowest BCUT2D eigenvalue weighted by Crippen LogP contribution is -2.59. The van der Waals surface area contributed by atoms with E-state index in [1.807, 2.05) is 0 Å². The third-order valence-corrected chi connectivity index (χ3v) is 2.93. The van der Waals surface area contributed by atoms with Gasteiger partial charge in [0, 0.05) is 6.54 Å². The Labute approximate surface area is 124 Å². The van der Waals surface area contributed by atoms with E-state index in [2.05, 4.69) is 0 Å². The molecule has 0 atom stereocenters. The smallest absolute Gasteiger partial charge is 0.454 e. The second-order valence-corrected chi connectivity index (χ2v) is 4.52. The predicted molar refractivity (Wildman–Crippen MR) is 60.4 cm³/mol. The summed E-state index contributed by atoms with van der Waals surface area (Å²) >= 11 is 0. The molecule has 0 fully saturated rings. The van der Waals surface area contributed by atoms with Crippen LogP contribution in [0.2, 0.25) is 0 Å². The van der Waals surface area contributed by atoms with Crippen LogP contribution in [-0.2, 0) is 11.3 Å². The van der Waals surface area contributed by atoms with Crippen molar-refractivity contribution in [3.63, 3.8) is 0 Å². The Balaban J connectivity index is 2.07. The fraction of sp³-hybridized carbons (Fsp3) is 0.417. The average molecular weight is 347 g/mol. The highest BCUT2D eigenvalue weighted by Gasteiger charge is 2.76. The molecule has 128 valence electrons. The maximum Gasteiger partial charge on any atom is 0.460 e. The number of hydrogen-bond donors (Lipinski definition) is 1. The third-order valence-electron chi connectivity index (χ3n) is 2.93. The lowest BCUT2D eigenvalue weighted by molar-refractivity contribution is -0.344. The van der Waals surface area contributed by atoms with Gasteiger partial charge >= 0.3 is 18.0 Å². The van der Waals surface area contributed by atoms with Gasteiger partial charge in [0.15, 0.2) is 11.5 Å². The maximum absolute atomic E-state index is 13.1. The first-order valence-corrected chi connectivity index (χ1v) is 5.96. The highest BCUT2D eigenvalue weighted by molar-refractivity contribution is 5.84. The number of rotatable bonds is 4. The molecule has 1 aliphatic rings. The second kappa shape index (κ2) is 5.46. The average Bonchev–Trinajstić information content (AvgIpc) is 2.90. The maximum atomic E-state index is 13.1. The molecule has 0 bridgehead atoms. The van der Waals surface area contributed by atoms with Gasteiger partial charge in [-0.2, -0.15) is 30.7 Å². The van der Waals surface area contributed by atoms with Crippen LogP contribution in [0.25, 0.3) is 0 Å². The molecule has 1 N–H and O–H groups in total. The number of fused-ring (bicyclic) bond motifs is 1. The zero-order chi connectivity index (χ0) is 17.5. The van der Waals surface area contributed by atoms with Gasteiger partial charge in [-0.05, 0) is 17.7 Å². The van der Waals surface area contributed by atoms with Crippen LogP contribution in [-0.4, -0.2) is 30.7 Å². The molecule has 0 radical (unpaired) electrons. The number of carbonyl (C=O) groups excluding carboxylic acids is 1. The zero-order valence-electron chi connectivity index (χ0n) is 11.0. The number of alkyl halides is 7. The van der Waals surface area contributed by atoms with Crippen molar-refractivity contribution in [1.29, 1.82) is 0 Å². The molecule has 0 spiro atoms. The van der Waals surface area contributed by atoms with Gasteiger partial charge in [0.25, 0.3) is 5.91 Å². The molecule has 1 aromatic carbocycles. The highest BCUT2D eigenvalue weighted by atomic mass is 19.4. The zero-order valence-corrected chi connectivity index (χ0v) is 11.0. The lowest BCUT2D eigenvalue weighted by atomic mass is 10.1. The minimum Gasteiger partial charge on any atom is -0.454 e. The van der Waals surface area contributed by atoms with Gasteiger partial charge in [0.05, 0.1) is 0 Å². The van der Waals surface area contributed by atoms with Gasteiger partial charge in [-0.1, -0.05) is 6.07 Å². The number of benzene rings is 1. The number of ether oxygens (including phenoxy) is 2. The van der Waals surface area contributed by atoms with Crippen LogP contribution in [0.1, 0.15) is 5.56 Å². The molecule has 4 nitrogen and oxygen atoms in total. The van der Waals surface area contributed by atoms with Gasteiger partial charge in [-0.3, -0.25) is 4.79 Å². The predicted octanol–water partition coefficient (Wildman–Crippen LogP) is 2.86. The van der Waals surface area contributed by atoms with E-state index in [1.165, 1.54) is 23.5 Å². The highest BCUT2D eigenvalue weighted by Crippen LogP contribution is 2.46. The minimum absolute atomic E-state index is 0.0823. The summed E-state index contributed by atoms with van der Waals surface area (Å²) in [6.45, 7) is -0.778. The first-order chi connectivity index (χ1) is 10.5. The van der Waals surface area contributed by atoms with Crippen molar-refractivity contribution in [3.8, 4) is 11.5 Å². The van der Waals surface area contributed by atoms with E-state index < -0.39 is 30.5 Å². The monoisotopic (exact) mass is 347 g/mol. The lowest BCUT2D eigenvalue weighted by Gasteiger charge is -2.27. The standard InChI is InChI=1S/C12H8F7NO3/c13-10(14,11(15,16)12(17,18)19)9(21)20-4-6-1-2-7-8(3-6)23-5-22-7/h1-3H,4-5H2,(H,20,21). The molecule has 2 rings (SSSR count). The summed E-state index contributed by atoms with van der Waals surface area (Å²) in [7, 11) is 0. The molecule has 0 unspecified atom stereocenters. The van der Waals surface area contributed by atoms with Crippen molar-refractivity contribution in [2.24, 2.45) is 0 Å². The number of hydrogen-bond acceptors (Lipinski definition) is 3. The SMILES string of the molecule is O=C(NCc1ccc2c(c1)OCO2)C(F)(F)C(F)(F)C(F)(F)F. The van der Waals surface area contributed by atoms with Crippen LogP contribution in [0.4, 0.5) is 30.7 Å². The summed E-state index contributed by atoms with van der Waals surface area (Å²) < 4.78 is 97.4. The normalized spacial score (nSPS) is 14.7. The number of nitrogens with one attached hydrogen (secondary N) is 1. The van der Waals surface area contributed by atoms with Crippen molar-refractivity contribution in [1.82, 2.24) is 5.32 Å². The molecule has 1 amide bonds. The van der Waals surface area contributed by atoms with E-state index in [0.717, 1.165) is 0 Å². The van der Waals surface area contributed by atoms with Gasteiger partial charge < -0.3 is 14.8 Å². The van der Waals surface area contributed by atoms with Crippen molar-refractivity contribution < 1.29 is 45.0 Å². The molecule has 11 heteroatoms. The van der Waals surface area contributed by atoms with Crippen LogP contribution in [0, 0.1) is 0 Å². The Morgan fingerprint density at radius 3 is 2.26 bits per heavy atom. The molecule has 1 aliphatic heterocycles. The van der Waals surface area contributed by atoms with Crippen LogP contribution in [0.15, 0.2) is 18.2 Å². The van der Waals surface area contributed by atoms with E-state index in [1.54, 1.807) is 0 Å². The molecule has 0 aliphatic carbocycles. The Bertz CT molecular complexity index is 615. The molecular formula is C12H8F7NO3. The summed E-state index contributed by atoms with van der Waals surface area (Å²) in [6, 6.07) is 3.93. The summed E-state index contributed by atoms with van der Waals surface area (Å²) in [5.41, 5.74) is 0.147. The van der Waals surface area contributed by atoms with Gasteiger partial charge in [0.1, 0.15) is 0 Å². The molecule has 0 saturated heterocycles. The Kier molecular flexibility index (Phi) is 4.07. The largest absolute Gasteiger partial charge is 0.460 e. The fourth-order valence-corrected chi connectivity index (χ4v) is 1.66. The van der Waals surface area contributed by atoms with E-state index in [4.69, 9.17) is 9.47 Å². The summed E-state index contributed by atoms with van der Waals surface area (Å²) in [5.74, 6) is -14.6. The molecule has 23 heavy (non-hydrogen) atoms. The first kappa shape index (κ1) is 17.2. The van der Waals surface area contributed by atoms with Crippen LogP contribution in [0.5, 0.6) is 11.5 Å². The number of halogens is 7. The molecule has 0 aromatic heterocycles. The molecule has 1 heterocycles. The minimum atomic E-state index is -6.56. The molecule has 1 aromatic rings. The first-order valence-electron chi connectivity index (χ1n) is 5.96. The van der Waals surface area contributed by atoms with E-state index in [0.29, 0.717) is 5.75 Å². The van der Waals surface area contributed by atoms with E-state index >= 15 is 0 Å². The van der Waals surface area contributed by atoms with Crippen LogP contribution < -0.4 is 14.8 Å². The number of amides is 1. The van der Waals surface area contributed by atoms with Gasteiger partial charge in [0.2, 0.25) is 6.79 Å². The molecule has 0 saturated carbocycles. The quantitative estimate of drug-likeness (QED) is 0.852. The second-order valence-electron chi connectivity index (χ2n) is 4.52. The van der Waals surface area contributed by atoms with Crippen molar-refractivity contribution >= 4 is 5.91 Å². The van der Waals surface area contributed by atoms with Crippen LogP contribution >= 0.6 is 0 Å². The fourth-order valence-electron chi connectivity index (χ4n) is 1.66. The number of carbonyl (C=O) groups is 1. The van der Waals surface area contributed by atoms with Crippen molar-refractivity contribution in [3.05, 3.63) is 23.8 Å². The van der Waals surface area contributed by atoms with E-state index in [9.17, 15) is 35.5 Å². The summed E-state index contributed by atoms with van der Waals surface area (Å²) in [4.78, 5) is 11.1. The Hall–Kier alpha value is -2.20. The Morgan fingerprint density at radius 1 is 1.04 bits per heavy atom. The van der Waals surface area contributed by atoms with Crippen LogP contribution in [0.3, 0.4) is 0 Å². The summed E-state index contributed by atoms with van der Waals surface area (Å²) in [5, 5.41) is 1.34. The van der Waals surface area contributed by atoms with E-state index in [-0.39, 0.29) is 18.1 Å². The summed E-state index contributed by atoms with van der Waals surface area (Å²) in [6.07, 6.45) is -6.56. The van der Waals surface area contributed by atoms with Gasteiger partial charge in [-0.15, -0.1) is 0 Å². The van der Waals surface area contributed by atoms with Crippen molar-refractivity contribution in [2.75, 3.05) is 6.79 Å². The van der Waals surface area contributed by atoms with Crippen molar-refractivity contribution in [2.45, 2.75) is 24.6 Å².